The lowest BCUT2D eigenvalue weighted by Gasteiger charge is -2.39. The van der Waals surface area contributed by atoms with Crippen LogP contribution in [-0.2, 0) is 9.53 Å². The third-order valence-corrected chi connectivity index (χ3v) is 7.51. The van der Waals surface area contributed by atoms with Crippen molar-refractivity contribution >= 4 is 17.6 Å². The lowest BCUT2D eigenvalue weighted by atomic mass is 9.65. The van der Waals surface area contributed by atoms with Gasteiger partial charge in [0.25, 0.3) is 5.91 Å². The second-order valence-electron chi connectivity index (χ2n) is 9.48. The van der Waals surface area contributed by atoms with Gasteiger partial charge in [0.15, 0.2) is 23.0 Å². The molecule has 38 heavy (non-hydrogen) atoms. The van der Waals surface area contributed by atoms with E-state index in [2.05, 4.69) is 5.32 Å². The van der Waals surface area contributed by atoms with E-state index in [9.17, 15) is 14.7 Å². The van der Waals surface area contributed by atoms with E-state index in [0.29, 0.717) is 28.3 Å². The molecule has 3 aromatic carbocycles. The van der Waals surface area contributed by atoms with Crippen LogP contribution in [0.5, 0.6) is 28.7 Å². The van der Waals surface area contributed by atoms with Gasteiger partial charge >= 0.3 is 5.97 Å². The summed E-state index contributed by atoms with van der Waals surface area (Å²) in [5.41, 5.74) is 9.03. The van der Waals surface area contributed by atoms with Crippen molar-refractivity contribution in [2.24, 2.45) is 11.8 Å². The Balaban J connectivity index is 1.51. The molecular weight excluding hydrogens is 492 g/mol. The van der Waals surface area contributed by atoms with Crippen molar-refractivity contribution in [3.63, 3.8) is 0 Å². The molecule has 3 aromatic rings. The molecular formula is C28H26N2O8. The fourth-order valence-electron chi connectivity index (χ4n) is 5.70. The predicted octanol–water partition coefficient (Wildman–Crippen LogP) is 3.13. The van der Waals surface area contributed by atoms with Crippen LogP contribution in [0.4, 0.5) is 5.69 Å². The molecule has 10 nitrogen and oxygen atoms in total. The minimum Gasteiger partial charge on any atom is -0.502 e. The summed E-state index contributed by atoms with van der Waals surface area (Å²) in [4.78, 5) is 26.5. The molecule has 1 aliphatic carbocycles. The number of benzene rings is 3. The molecule has 1 amide bonds. The number of carbonyl (C=O) groups is 2. The number of hydrogen-bond donors (Lipinski definition) is 3. The average molecular weight is 519 g/mol. The summed E-state index contributed by atoms with van der Waals surface area (Å²) >= 11 is 0. The number of esters is 1. The number of nitrogens with one attached hydrogen (secondary N) is 1. The molecule has 196 valence electrons. The lowest BCUT2D eigenvalue weighted by molar-refractivity contribution is -0.141. The molecule has 1 saturated heterocycles. The second-order valence-corrected chi connectivity index (χ2v) is 9.48. The van der Waals surface area contributed by atoms with E-state index in [1.54, 1.807) is 36.4 Å². The third kappa shape index (κ3) is 3.71. The number of nitrogen functional groups attached to an aromatic ring is 1. The van der Waals surface area contributed by atoms with Crippen LogP contribution in [-0.4, -0.2) is 44.6 Å². The van der Waals surface area contributed by atoms with Crippen molar-refractivity contribution in [1.82, 2.24) is 5.32 Å². The zero-order valence-electron chi connectivity index (χ0n) is 20.7. The van der Waals surface area contributed by atoms with Gasteiger partial charge in [0.2, 0.25) is 12.5 Å². The molecule has 10 heteroatoms. The molecule has 2 heterocycles. The summed E-state index contributed by atoms with van der Waals surface area (Å²) in [6, 6.07) is 13.2. The van der Waals surface area contributed by atoms with E-state index in [1.165, 1.54) is 14.2 Å². The maximum atomic E-state index is 13.3. The summed E-state index contributed by atoms with van der Waals surface area (Å²) in [6.45, 7) is 0.202. The number of phenolic OH excluding ortho intramolecular Hbond substituents is 1. The molecule has 6 rings (SSSR count). The molecule has 3 aliphatic rings. The molecule has 0 saturated carbocycles. The molecule has 0 aromatic heterocycles. The Bertz CT molecular complexity index is 1410. The first kappa shape index (κ1) is 23.8. The van der Waals surface area contributed by atoms with Gasteiger partial charge in [0, 0.05) is 23.1 Å². The first-order valence-electron chi connectivity index (χ1n) is 12.1. The summed E-state index contributed by atoms with van der Waals surface area (Å²) in [5.74, 6) is -0.788. The van der Waals surface area contributed by atoms with Crippen molar-refractivity contribution in [2.75, 3.05) is 33.4 Å². The highest BCUT2D eigenvalue weighted by atomic mass is 16.7. The highest BCUT2D eigenvalue weighted by molar-refractivity contribution is 5.95. The van der Waals surface area contributed by atoms with E-state index in [1.807, 2.05) is 12.1 Å². The number of aromatic hydroxyl groups is 1. The Morgan fingerprint density at radius 2 is 1.61 bits per heavy atom. The molecule has 0 radical (unpaired) electrons. The van der Waals surface area contributed by atoms with Crippen LogP contribution in [0.15, 0.2) is 48.5 Å². The number of fused-ring (bicyclic) bond motifs is 3. The number of nitrogens with two attached hydrogens (primary N) is 1. The van der Waals surface area contributed by atoms with E-state index >= 15 is 0 Å². The normalized spacial score (nSPS) is 22.7. The molecule has 1 fully saturated rings. The number of rotatable bonds is 5. The quantitative estimate of drug-likeness (QED) is 0.343. The van der Waals surface area contributed by atoms with Crippen molar-refractivity contribution in [1.29, 1.82) is 0 Å². The van der Waals surface area contributed by atoms with E-state index < -0.39 is 17.9 Å². The Morgan fingerprint density at radius 3 is 2.24 bits per heavy atom. The number of phenols is 1. The predicted molar refractivity (Wildman–Crippen MR) is 135 cm³/mol. The Kier molecular flexibility index (Phi) is 5.67. The molecule has 0 bridgehead atoms. The number of methoxy groups -OCH3 is 2. The van der Waals surface area contributed by atoms with Crippen LogP contribution in [0.1, 0.15) is 39.0 Å². The minimum atomic E-state index is -0.626. The minimum absolute atomic E-state index is 0.0705. The SMILES string of the molecule is COc1cc([C@@H]2c3cc4c(cc3[C@H](NC(=O)c3ccc(N)cc3)[C@@H]3COC(=O)[C@H]23)OCO4)cc(OC)c1O. The van der Waals surface area contributed by atoms with Gasteiger partial charge in [-0.25, -0.2) is 0 Å². The van der Waals surface area contributed by atoms with E-state index in [4.69, 9.17) is 29.4 Å². The summed E-state index contributed by atoms with van der Waals surface area (Å²) in [7, 11) is 2.89. The van der Waals surface area contributed by atoms with Gasteiger partial charge in [0.1, 0.15) is 0 Å². The number of anilines is 1. The number of cyclic esters (lactones) is 1. The number of carbonyl (C=O) groups excluding carboxylic acids is 2. The smallest absolute Gasteiger partial charge is 0.310 e. The van der Waals surface area contributed by atoms with Crippen molar-refractivity contribution < 1.29 is 38.4 Å². The molecule has 4 atom stereocenters. The lowest BCUT2D eigenvalue weighted by Crippen LogP contribution is -2.42. The van der Waals surface area contributed by atoms with Gasteiger partial charge in [-0.05, 0) is 65.2 Å². The highest BCUT2D eigenvalue weighted by Gasteiger charge is 2.53. The van der Waals surface area contributed by atoms with E-state index in [0.717, 1.165) is 11.1 Å². The molecule has 2 aliphatic heterocycles. The van der Waals surface area contributed by atoms with Crippen molar-refractivity contribution in [3.8, 4) is 28.7 Å². The van der Waals surface area contributed by atoms with Gasteiger partial charge in [-0.1, -0.05) is 0 Å². The van der Waals surface area contributed by atoms with Crippen LogP contribution in [0, 0.1) is 11.8 Å². The number of hydrogen-bond acceptors (Lipinski definition) is 9. The highest BCUT2D eigenvalue weighted by Crippen LogP contribution is 2.55. The largest absolute Gasteiger partial charge is 0.502 e. The Morgan fingerprint density at radius 1 is 0.974 bits per heavy atom. The van der Waals surface area contributed by atoms with Crippen LogP contribution in [0.3, 0.4) is 0 Å². The summed E-state index contributed by atoms with van der Waals surface area (Å²) in [6.07, 6.45) is 0. The van der Waals surface area contributed by atoms with Gasteiger partial charge in [-0.15, -0.1) is 0 Å². The maximum Gasteiger partial charge on any atom is 0.310 e. The van der Waals surface area contributed by atoms with Gasteiger partial charge in [-0.3, -0.25) is 9.59 Å². The first-order valence-corrected chi connectivity index (χ1v) is 12.1. The first-order chi connectivity index (χ1) is 18.4. The molecule has 4 N–H and O–H groups in total. The van der Waals surface area contributed by atoms with E-state index in [-0.39, 0.29) is 48.4 Å². The number of amides is 1. The van der Waals surface area contributed by atoms with Crippen molar-refractivity contribution in [3.05, 3.63) is 70.8 Å². The standard InChI is InChI=1S/C28H26N2O8/c1-34-21-7-14(8-22(35-2)26(21)31)23-16-9-19-20(38-12-37-19)10-17(16)25(18-11-36-28(33)24(18)23)30-27(32)13-3-5-15(29)6-4-13/h3-10,18,23-25,31H,11-12,29H2,1-2H3,(H,30,32)/t18-,23-,24+,25+/m1/s1. The third-order valence-electron chi connectivity index (χ3n) is 7.51. The fraction of sp³-hybridized carbons (Fsp3) is 0.286. The summed E-state index contributed by atoms with van der Waals surface area (Å²) < 4.78 is 27.7. The van der Waals surface area contributed by atoms with Crippen LogP contribution in [0.2, 0.25) is 0 Å². The summed E-state index contributed by atoms with van der Waals surface area (Å²) in [5, 5.41) is 13.6. The van der Waals surface area contributed by atoms with Crippen LogP contribution < -0.4 is 30.0 Å². The topological polar surface area (TPSA) is 139 Å². The van der Waals surface area contributed by atoms with Crippen LogP contribution in [0.25, 0.3) is 0 Å². The average Bonchev–Trinajstić information content (AvgIpc) is 3.54. The Labute approximate surface area is 218 Å². The van der Waals surface area contributed by atoms with Crippen LogP contribution >= 0.6 is 0 Å². The molecule has 0 spiro atoms. The zero-order valence-corrected chi connectivity index (χ0v) is 20.7. The second kappa shape index (κ2) is 9.05. The maximum absolute atomic E-state index is 13.3. The molecule has 0 unspecified atom stereocenters. The van der Waals surface area contributed by atoms with Gasteiger partial charge in [0.05, 0.1) is 32.8 Å². The van der Waals surface area contributed by atoms with Gasteiger partial charge < -0.3 is 39.8 Å². The van der Waals surface area contributed by atoms with Gasteiger partial charge in [-0.2, -0.15) is 0 Å². The fourth-order valence-corrected chi connectivity index (χ4v) is 5.70. The Hall–Kier alpha value is -4.60. The van der Waals surface area contributed by atoms with Crippen molar-refractivity contribution in [2.45, 2.75) is 12.0 Å². The zero-order chi connectivity index (χ0) is 26.6. The number of ether oxygens (including phenoxy) is 5. The monoisotopic (exact) mass is 518 g/mol.